The fraction of sp³-hybridized carbons (Fsp3) is 0.316. The van der Waals surface area contributed by atoms with Crippen molar-refractivity contribution in [3.63, 3.8) is 0 Å². The summed E-state index contributed by atoms with van der Waals surface area (Å²) in [5.74, 6) is -0.262. The summed E-state index contributed by atoms with van der Waals surface area (Å²) in [6, 6.07) is 14.8. The fourth-order valence-corrected chi connectivity index (χ4v) is 3.84. The number of sulfonamides is 1. The lowest BCUT2D eigenvalue weighted by Gasteiger charge is -2.28. The Morgan fingerprint density at radius 1 is 0.960 bits per heavy atom. The van der Waals surface area contributed by atoms with Crippen LogP contribution in [0, 0.1) is 13.8 Å². The van der Waals surface area contributed by atoms with Crippen molar-refractivity contribution in [3.05, 3.63) is 59.7 Å². The zero-order valence-corrected chi connectivity index (χ0v) is 15.9. The Bertz CT molecular complexity index is 828. The molecule has 0 saturated carbocycles. The van der Waals surface area contributed by atoms with Gasteiger partial charge in [0.15, 0.2) is 0 Å². The quantitative estimate of drug-likeness (QED) is 0.795. The second-order valence-corrected chi connectivity index (χ2v) is 7.89. The molecular formula is C19H24N2O3S. The van der Waals surface area contributed by atoms with E-state index in [1.807, 2.05) is 69.3 Å². The van der Waals surface area contributed by atoms with Gasteiger partial charge in [0.2, 0.25) is 15.9 Å². The van der Waals surface area contributed by atoms with Crippen molar-refractivity contribution in [2.24, 2.45) is 0 Å². The van der Waals surface area contributed by atoms with E-state index in [9.17, 15) is 13.2 Å². The van der Waals surface area contributed by atoms with Gasteiger partial charge in [-0.25, -0.2) is 8.42 Å². The molecule has 0 atom stereocenters. The number of carbonyl (C=O) groups is 1. The fourth-order valence-electron chi connectivity index (χ4n) is 2.88. The molecule has 0 aliphatic carbocycles. The summed E-state index contributed by atoms with van der Waals surface area (Å²) in [5.41, 5.74) is 2.97. The number of amides is 1. The standard InChI is InChI=1S/C19H24N2O3S/c1-5-20(17-12-7-6-8-13-17)18(22)14-21(25(4,23)24)19-15(2)10-9-11-16(19)3/h6-13H,5,14H2,1-4H3. The maximum absolute atomic E-state index is 12.8. The number of hydrogen-bond donors (Lipinski definition) is 0. The van der Waals surface area contributed by atoms with E-state index >= 15 is 0 Å². The van der Waals surface area contributed by atoms with E-state index in [0.717, 1.165) is 23.1 Å². The van der Waals surface area contributed by atoms with Gasteiger partial charge in [-0.3, -0.25) is 9.10 Å². The lowest BCUT2D eigenvalue weighted by Crippen LogP contribution is -2.43. The van der Waals surface area contributed by atoms with E-state index in [0.29, 0.717) is 12.2 Å². The molecule has 0 spiro atoms. The van der Waals surface area contributed by atoms with Gasteiger partial charge in [0, 0.05) is 12.2 Å². The Morgan fingerprint density at radius 2 is 1.52 bits per heavy atom. The Morgan fingerprint density at radius 3 is 2.00 bits per heavy atom. The third-order valence-corrected chi connectivity index (χ3v) is 5.17. The number of para-hydroxylation sites is 2. The average Bonchev–Trinajstić information content (AvgIpc) is 2.54. The highest BCUT2D eigenvalue weighted by Crippen LogP contribution is 2.27. The van der Waals surface area contributed by atoms with Crippen LogP contribution in [0.2, 0.25) is 0 Å². The maximum atomic E-state index is 12.8. The minimum Gasteiger partial charge on any atom is -0.311 e. The van der Waals surface area contributed by atoms with E-state index in [1.165, 1.54) is 4.31 Å². The van der Waals surface area contributed by atoms with Crippen molar-refractivity contribution in [3.8, 4) is 0 Å². The second kappa shape index (κ2) is 7.70. The van der Waals surface area contributed by atoms with Crippen LogP contribution in [0.1, 0.15) is 18.1 Å². The van der Waals surface area contributed by atoms with E-state index < -0.39 is 10.0 Å². The molecule has 0 radical (unpaired) electrons. The molecule has 2 rings (SSSR count). The topological polar surface area (TPSA) is 57.7 Å². The third-order valence-electron chi connectivity index (χ3n) is 4.05. The monoisotopic (exact) mass is 360 g/mol. The van der Waals surface area contributed by atoms with Gasteiger partial charge < -0.3 is 4.90 Å². The molecule has 0 aliphatic rings. The molecule has 0 fully saturated rings. The van der Waals surface area contributed by atoms with Crippen molar-refractivity contribution in [2.75, 3.05) is 28.6 Å². The smallest absolute Gasteiger partial charge is 0.247 e. The molecule has 5 nitrogen and oxygen atoms in total. The summed E-state index contributed by atoms with van der Waals surface area (Å²) >= 11 is 0. The Labute approximate surface area is 149 Å². The molecule has 0 bridgehead atoms. The van der Waals surface area contributed by atoms with E-state index in [-0.39, 0.29) is 12.5 Å². The number of benzene rings is 2. The molecule has 0 aromatic heterocycles. The van der Waals surface area contributed by atoms with Crippen LogP contribution >= 0.6 is 0 Å². The largest absolute Gasteiger partial charge is 0.311 e. The lowest BCUT2D eigenvalue weighted by atomic mass is 10.1. The van der Waals surface area contributed by atoms with Crippen LogP contribution in [-0.2, 0) is 14.8 Å². The van der Waals surface area contributed by atoms with Crippen LogP contribution in [0.5, 0.6) is 0 Å². The van der Waals surface area contributed by atoms with E-state index in [2.05, 4.69) is 0 Å². The Balaban J connectivity index is 2.40. The second-order valence-electron chi connectivity index (χ2n) is 5.98. The van der Waals surface area contributed by atoms with Crippen LogP contribution < -0.4 is 9.21 Å². The summed E-state index contributed by atoms with van der Waals surface area (Å²) in [6.07, 6.45) is 1.13. The molecule has 1 amide bonds. The van der Waals surface area contributed by atoms with E-state index in [1.54, 1.807) is 4.90 Å². The number of likely N-dealkylation sites (N-methyl/N-ethyl adjacent to an activating group) is 1. The molecule has 0 unspecified atom stereocenters. The van der Waals surface area contributed by atoms with Crippen LogP contribution in [-0.4, -0.2) is 33.7 Å². The van der Waals surface area contributed by atoms with Gasteiger partial charge in [-0.05, 0) is 44.0 Å². The predicted molar refractivity (Wildman–Crippen MR) is 103 cm³/mol. The summed E-state index contributed by atoms with van der Waals surface area (Å²) in [4.78, 5) is 14.4. The predicted octanol–water partition coefficient (Wildman–Crippen LogP) is 3.12. The van der Waals surface area contributed by atoms with Crippen molar-refractivity contribution in [1.29, 1.82) is 0 Å². The summed E-state index contributed by atoms with van der Waals surface area (Å²) in [7, 11) is -3.60. The van der Waals surface area contributed by atoms with Gasteiger partial charge in [-0.1, -0.05) is 36.4 Å². The Kier molecular flexibility index (Phi) is 5.85. The van der Waals surface area contributed by atoms with Crippen LogP contribution in [0.3, 0.4) is 0 Å². The first-order valence-electron chi connectivity index (χ1n) is 8.15. The summed E-state index contributed by atoms with van der Waals surface area (Å²) < 4.78 is 25.9. The van der Waals surface area contributed by atoms with Gasteiger partial charge in [0.25, 0.3) is 0 Å². The zero-order valence-electron chi connectivity index (χ0n) is 15.1. The highest BCUT2D eigenvalue weighted by molar-refractivity contribution is 7.92. The molecule has 2 aromatic rings. The molecule has 134 valence electrons. The van der Waals surface area contributed by atoms with Crippen molar-refractivity contribution in [2.45, 2.75) is 20.8 Å². The van der Waals surface area contributed by atoms with Crippen molar-refractivity contribution < 1.29 is 13.2 Å². The minimum atomic E-state index is -3.60. The van der Waals surface area contributed by atoms with Gasteiger partial charge in [0.1, 0.15) is 6.54 Å². The molecule has 2 aromatic carbocycles. The molecule has 0 aliphatic heterocycles. The number of nitrogens with zero attached hydrogens (tertiary/aromatic N) is 2. The third kappa shape index (κ3) is 4.39. The van der Waals surface area contributed by atoms with Crippen molar-refractivity contribution in [1.82, 2.24) is 0 Å². The number of anilines is 2. The number of hydrogen-bond acceptors (Lipinski definition) is 3. The first-order chi connectivity index (χ1) is 11.8. The molecular weight excluding hydrogens is 336 g/mol. The molecule has 25 heavy (non-hydrogen) atoms. The average molecular weight is 360 g/mol. The number of rotatable bonds is 6. The van der Waals surface area contributed by atoms with Crippen molar-refractivity contribution >= 4 is 27.3 Å². The first-order valence-corrected chi connectivity index (χ1v) is 10.00. The normalized spacial score (nSPS) is 11.2. The SMILES string of the molecule is CCN(C(=O)CN(c1c(C)cccc1C)S(C)(=O)=O)c1ccccc1. The minimum absolute atomic E-state index is 0.229. The highest BCUT2D eigenvalue weighted by atomic mass is 32.2. The number of carbonyl (C=O) groups excluding carboxylic acids is 1. The summed E-state index contributed by atoms with van der Waals surface area (Å²) in [6.45, 7) is 5.80. The van der Waals surface area contributed by atoms with E-state index in [4.69, 9.17) is 0 Å². The lowest BCUT2D eigenvalue weighted by molar-refractivity contribution is -0.117. The van der Waals surface area contributed by atoms with Crippen LogP contribution in [0.4, 0.5) is 11.4 Å². The number of aryl methyl sites for hydroxylation is 2. The van der Waals surface area contributed by atoms with Crippen LogP contribution in [0.25, 0.3) is 0 Å². The van der Waals surface area contributed by atoms with Gasteiger partial charge in [0.05, 0.1) is 11.9 Å². The zero-order chi connectivity index (χ0) is 18.6. The maximum Gasteiger partial charge on any atom is 0.247 e. The van der Waals surface area contributed by atoms with Gasteiger partial charge in [-0.2, -0.15) is 0 Å². The molecule has 0 heterocycles. The molecule has 0 saturated heterocycles. The first kappa shape index (κ1) is 19.0. The molecule has 0 N–H and O–H groups in total. The van der Waals surface area contributed by atoms with Gasteiger partial charge >= 0.3 is 0 Å². The highest BCUT2D eigenvalue weighted by Gasteiger charge is 2.26. The van der Waals surface area contributed by atoms with Gasteiger partial charge in [-0.15, -0.1) is 0 Å². The van der Waals surface area contributed by atoms with Crippen LogP contribution in [0.15, 0.2) is 48.5 Å². The summed E-state index contributed by atoms with van der Waals surface area (Å²) in [5, 5.41) is 0. The molecule has 6 heteroatoms. The Hall–Kier alpha value is -2.34.